The fourth-order valence-electron chi connectivity index (χ4n) is 5.70. The van der Waals surface area contributed by atoms with Crippen LogP contribution in [-0.4, -0.2) is 35.3 Å². The zero-order valence-corrected chi connectivity index (χ0v) is 17.8. The second kappa shape index (κ2) is 6.84. The zero-order valence-electron chi connectivity index (χ0n) is 17.8. The minimum Gasteiger partial charge on any atom is -0.461 e. The molecule has 2 aromatic carbocycles. The molecule has 0 spiro atoms. The van der Waals surface area contributed by atoms with Gasteiger partial charge in [0.25, 0.3) is 0 Å². The SMILES string of the molecule is O=C(c1ccco1)[C@@H]1[C@@H]2C(=O)N(c3ccc4c(c3)OCO4)C(=O)[C@H]2[C@H]2c3ccccc3C=CN12. The zero-order chi connectivity index (χ0) is 23.0. The Morgan fingerprint density at radius 3 is 2.59 bits per heavy atom. The first-order chi connectivity index (χ1) is 16.6. The second-order valence-electron chi connectivity index (χ2n) is 8.72. The maximum absolute atomic E-state index is 13.9. The van der Waals surface area contributed by atoms with Crippen LogP contribution in [0.2, 0.25) is 0 Å². The van der Waals surface area contributed by atoms with Gasteiger partial charge in [-0.3, -0.25) is 14.4 Å². The first kappa shape index (κ1) is 19.2. The van der Waals surface area contributed by atoms with E-state index in [1.54, 1.807) is 30.3 Å². The Morgan fingerprint density at radius 2 is 1.74 bits per heavy atom. The molecule has 0 radical (unpaired) electrons. The molecule has 2 amide bonds. The smallest absolute Gasteiger partial charge is 0.240 e. The normalized spacial score (nSPS) is 26.0. The molecule has 0 unspecified atom stereocenters. The monoisotopic (exact) mass is 454 g/mol. The second-order valence-corrected chi connectivity index (χ2v) is 8.72. The van der Waals surface area contributed by atoms with Crippen molar-refractivity contribution in [1.29, 1.82) is 0 Å². The summed E-state index contributed by atoms with van der Waals surface area (Å²) in [5.74, 6) is -1.41. The maximum atomic E-state index is 13.9. The molecule has 168 valence electrons. The van der Waals surface area contributed by atoms with E-state index >= 15 is 0 Å². The maximum Gasteiger partial charge on any atom is 0.240 e. The average molecular weight is 454 g/mol. The number of carbonyl (C=O) groups is 3. The molecule has 0 bridgehead atoms. The van der Waals surface area contributed by atoms with Gasteiger partial charge in [0.05, 0.1) is 29.8 Å². The third-order valence-electron chi connectivity index (χ3n) is 7.11. The lowest BCUT2D eigenvalue weighted by Crippen LogP contribution is -2.44. The van der Waals surface area contributed by atoms with Crippen LogP contribution in [0.15, 0.2) is 71.5 Å². The van der Waals surface area contributed by atoms with Gasteiger partial charge in [-0.25, -0.2) is 4.90 Å². The van der Waals surface area contributed by atoms with E-state index in [1.807, 2.05) is 41.4 Å². The first-order valence-corrected chi connectivity index (χ1v) is 11.0. The van der Waals surface area contributed by atoms with E-state index in [2.05, 4.69) is 0 Å². The van der Waals surface area contributed by atoms with Gasteiger partial charge in [-0.1, -0.05) is 24.3 Å². The number of hydrogen-bond donors (Lipinski definition) is 0. The summed E-state index contributed by atoms with van der Waals surface area (Å²) in [4.78, 5) is 44.3. The molecule has 7 rings (SSSR count). The van der Waals surface area contributed by atoms with Crippen LogP contribution < -0.4 is 14.4 Å². The van der Waals surface area contributed by atoms with Crippen LogP contribution >= 0.6 is 0 Å². The fourth-order valence-corrected chi connectivity index (χ4v) is 5.70. The van der Waals surface area contributed by atoms with E-state index in [4.69, 9.17) is 13.9 Å². The number of benzene rings is 2. The fraction of sp³-hybridized carbons (Fsp3) is 0.192. The number of furan rings is 1. The van der Waals surface area contributed by atoms with Crippen LogP contribution in [-0.2, 0) is 9.59 Å². The third-order valence-corrected chi connectivity index (χ3v) is 7.11. The largest absolute Gasteiger partial charge is 0.461 e. The number of nitrogens with zero attached hydrogens (tertiary/aromatic N) is 2. The highest BCUT2D eigenvalue weighted by atomic mass is 16.7. The molecular formula is C26H18N2O6. The molecular weight excluding hydrogens is 436 g/mol. The Balaban J connectivity index is 1.37. The minimum absolute atomic E-state index is 0.0891. The van der Waals surface area contributed by atoms with Crippen LogP contribution in [0.4, 0.5) is 5.69 Å². The van der Waals surface area contributed by atoms with Crippen molar-refractivity contribution in [2.24, 2.45) is 11.8 Å². The van der Waals surface area contributed by atoms with Gasteiger partial charge in [0.2, 0.25) is 24.4 Å². The van der Waals surface area contributed by atoms with Crippen molar-refractivity contribution >= 4 is 29.4 Å². The summed E-state index contributed by atoms with van der Waals surface area (Å²) in [6.45, 7) is 0.0891. The highest BCUT2D eigenvalue weighted by Gasteiger charge is 2.64. The molecule has 4 aliphatic rings. The molecule has 8 heteroatoms. The van der Waals surface area contributed by atoms with Crippen molar-refractivity contribution in [3.63, 3.8) is 0 Å². The summed E-state index contributed by atoms with van der Waals surface area (Å²) in [5, 5.41) is 0. The molecule has 3 aromatic rings. The van der Waals surface area contributed by atoms with Crippen LogP contribution in [0, 0.1) is 11.8 Å². The topological polar surface area (TPSA) is 89.3 Å². The highest BCUT2D eigenvalue weighted by molar-refractivity contribution is 6.24. The van der Waals surface area contributed by atoms with Gasteiger partial charge in [0, 0.05) is 12.3 Å². The molecule has 5 heterocycles. The number of amides is 2. The average Bonchev–Trinajstić information content (AvgIpc) is 3.64. The Hall–Kier alpha value is -4.33. The number of anilines is 1. The Morgan fingerprint density at radius 1 is 0.912 bits per heavy atom. The predicted octanol–water partition coefficient (Wildman–Crippen LogP) is 3.41. The molecule has 0 N–H and O–H groups in total. The number of Topliss-reactive ketones (excluding diaryl/α,β-unsaturated/α-hetero) is 1. The van der Waals surface area contributed by atoms with E-state index in [0.717, 1.165) is 11.1 Å². The number of imide groups is 1. The van der Waals surface area contributed by atoms with Crippen molar-refractivity contribution in [1.82, 2.24) is 4.90 Å². The Kier molecular flexibility index (Phi) is 3.85. The lowest BCUT2D eigenvalue weighted by Gasteiger charge is -2.35. The van der Waals surface area contributed by atoms with Crippen molar-refractivity contribution in [2.45, 2.75) is 12.1 Å². The lowest BCUT2D eigenvalue weighted by molar-refractivity contribution is -0.123. The van der Waals surface area contributed by atoms with Crippen molar-refractivity contribution < 1.29 is 28.3 Å². The van der Waals surface area contributed by atoms with E-state index < -0.39 is 29.8 Å². The summed E-state index contributed by atoms with van der Waals surface area (Å²) in [6, 6.07) is 14.7. The summed E-state index contributed by atoms with van der Waals surface area (Å²) in [6.07, 6.45) is 5.17. The number of carbonyl (C=O) groups excluding carboxylic acids is 3. The van der Waals surface area contributed by atoms with Gasteiger partial charge < -0.3 is 18.8 Å². The summed E-state index contributed by atoms with van der Waals surface area (Å²) in [5.41, 5.74) is 2.29. The number of ketones is 1. The molecule has 4 aliphatic heterocycles. The van der Waals surface area contributed by atoms with Gasteiger partial charge in [-0.15, -0.1) is 0 Å². The number of hydrogen-bond acceptors (Lipinski definition) is 7. The minimum atomic E-state index is -0.860. The molecule has 8 nitrogen and oxygen atoms in total. The van der Waals surface area contributed by atoms with E-state index in [-0.39, 0.29) is 24.2 Å². The van der Waals surface area contributed by atoms with Crippen molar-refractivity contribution in [3.05, 3.63) is 83.9 Å². The van der Waals surface area contributed by atoms with Crippen molar-refractivity contribution in [3.8, 4) is 11.5 Å². The van der Waals surface area contributed by atoms with Crippen molar-refractivity contribution in [2.75, 3.05) is 11.7 Å². The first-order valence-electron chi connectivity index (χ1n) is 11.0. The standard InChI is InChI=1S/C26H18N2O6/c29-24(18-6-3-11-32-18)23-21-20(22-16-5-2-1-4-14(16)9-10-27(22)23)25(30)28(26(21)31)15-7-8-17-19(12-15)34-13-33-17/h1-12,20-23H,13H2/t20-,21-,22-,23+/m1/s1. The summed E-state index contributed by atoms with van der Waals surface area (Å²) in [7, 11) is 0. The molecule has 2 saturated heterocycles. The quantitative estimate of drug-likeness (QED) is 0.443. The number of fused-ring (bicyclic) bond motifs is 6. The van der Waals surface area contributed by atoms with E-state index in [1.165, 1.54) is 11.2 Å². The number of ether oxygens (including phenoxy) is 2. The molecule has 2 fully saturated rings. The van der Waals surface area contributed by atoms with Gasteiger partial charge in [-0.2, -0.15) is 0 Å². The van der Waals surface area contributed by atoms with Gasteiger partial charge in [0.1, 0.15) is 6.04 Å². The molecule has 0 saturated carbocycles. The molecule has 4 atom stereocenters. The van der Waals surface area contributed by atoms with Gasteiger partial charge >= 0.3 is 0 Å². The Labute approximate surface area is 194 Å². The van der Waals surface area contributed by atoms with Gasteiger partial charge in [0.15, 0.2) is 17.3 Å². The lowest BCUT2D eigenvalue weighted by atomic mass is 9.84. The van der Waals surface area contributed by atoms with Crippen LogP contribution in [0.5, 0.6) is 11.5 Å². The molecule has 34 heavy (non-hydrogen) atoms. The Bertz CT molecular complexity index is 1390. The third kappa shape index (κ3) is 2.45. The van der Waals surface area contributed by atoms with E-state index in [9.17, 15) is 14.4 Å². The molecule has 0 aliphatic carbocycles. The van der Waals surface area contributed by atoms with Crippen LogP contribution in [0.3, 0.4) is 0 Å². The number of rotatable bonds is 3. The summed E-state index contributed by atoms with van der Waals surface area (Å²) < 4.78 is 16.2. The van der Waals surface area contributed by atoms with Crippen LogP contribution in [0.1, 0.15) is 27.7 Å². The van der Waals surface area contributed by atoms with E-state index in [0.29, 0.717) is 17.2 Å². The summed E-state index contributed by atoms with van der Waals surface area (Å²) >= 11 is 0. The highest BCUT2D eigenvalue weighted by Crippen LogP contribution is 2.54. The van der Waals surface area contributed by atoms with Gasteiger partial charge in [-0.05, 0) is 41.5 Å². The van der Waals surface area contributed by atoms with Crippen LogP contribution in [0.25, 0.3) is 6.08 Å². The molecule has 1 aromatic heterocycles. The predicted molar refractivity (Wildman–Crippen MR) is 119 cm³/mol.